The molecule has 2 amide bonds. The van der Waals surface area contributed by atoms with Crippen molar-refractivity contribution in [2.45, 2.75) is 0 Å². The van der Waals surface area contributed by atoms with E-state index in [0.29, 0.717) is 0 Å². The van der Waals surface area contributed by atoms with Gasteiger partial charge in [0.2, 0.25) is 11.2 Å². The average Bonchev–Trinajstić information content (AvgIpc) is 2.16. The van der Waals surface area contributed by atoms with Gasteiger partial charge in [-0.25, -0.2) is 10.3 Å². The average molecular weight is 214 g/mol. The molecule has 0 bridgehead atoms. The van der Waals surface area contributed by atoms with E-state index in [0.717, 1.165) is 7.11 Å². The molecule has 0 aromatic heterocycles. The van der Waals surface area contributed by atoms with E-state index in [1.165, 1.54) is 0 Å². The molecule has 0 aliphatic heterocycles. The van der Waals surface area contributed by atoms with Crippen LogP contribution in [0.15, 0.2) is 9.59 Å². The Morgan fingerprint density at radius 1 is 1.27 bits per heavy atom. The number of hydrogen-bond acceptors (Lipinski definition) is 6. The zero-order valence-electron chi connectivity index (χ0n) is 7.53. The Balaban J connectivity index is 3.04. The number of rotatable bonds is 3. The van der Waals surface area contributed by atoms with Crippen LogP contribution < -0.4 is 26.8 Å². The minimum absolute atomic E-state index is 0.583. The number of nitrogens with two attached hydrogens (primary N) is 1. The van der Waals surface area contributed by atoms with Crippen LogP contribution in [0.5, 0.6) is 5.75 Å². The minimum atomic E-state index is -1.28. The van der Waals surface area contributed by atoms with Crippen LogP contribution in [0, 0.1) is 0 Å². The van der Waals surface area contributed by atoms with E-state index in [9.17, 15) is 19.2 Å². The first kappa shape index (κ1) is 10.9. The van der Waals surface area contributed by atoms with Crippen molar-refractivity contribution in [2.75, 3.05) is 7.11 Å². The molecule has 0 spiro atoms. The number of primary amides is 1. The van der Waals surface area contributed by atoms with Crippen LogP contribution >= 0.6 is 0 Å². The van der Waals surface area contributed by atoms with Crippen LogP contribution in [0.3, 0.4) is 0 Å². The Kier molecular flexibility index (Phi) is 2.81. The number of hydroxylamine groups is 1. The number of carbonyl (C=O) groups excluding carboxylic acids is 2. The summed E-state index contributed by atoms with van der Waals surface area (Å²) >= 11 is 0. The van der Waals surface area contributed by atoms with Crippen molar-refractivity contribution in [1.29, 1.82) is 0 Å². The molecule has 15 heavy (non-hydrogen) atoms. The molecule has 0 atom stereocenters. The molecular weight excluding hydrogens is 208 g/mol. The van der Waals surface area contributed by atoms with Gasteiger partial charge in [-0.2, -0.15) is 0 Å². The Morgan fingerprint density at radius 3 is 2.33 bits per heavy atom. The van der Waals surface area contributed by atoms with Gasteiger partial charge in [0.25, 0.3) is 11.3 Å². The Hall–Kier alpha value is -2.22. The summed E-state index contributed by atoms with van der Waals surface area (Å²) in [6, 6.07) is 0. The fraction of sp³-hybridized carbons (Fsp3) is 0.143. The Labute approximate surface area is 82.2 Å². The van der Waals surface area contributed by atoms with Gasteiger partial charge in [0.1, 0.15) is 5.56 Å². The normalized spacial score (nSPS) is 9.93. The number of ether oxygens (including phenoxy) is 1. The maximum Gasteiger partial charge on any atom is 0.410 e. The van der Waals surface area contributed by atoms with Gasteiger partial charge in [-0.3, -0.25) is 19.2 Å². The SMILES string of the molecule is CONC(=O)c1c(OC(N)=O)c(=O)c1=O. The highest BCUT2D eigenvalue weighted by Crippen LogP contribution is 2.10. The van der Waals surface area contributed by atoms with Crippen molar-refractivity contribution in [3.63, 3.8) is 0 Å². The Bertz CT molecular complexity index is 484. The topological polar surface area (TPSA) is 125 Å². The molecule has 3 N–H and O–H groups in total. The Morgan fingerprint density at radius 2 is 1.87 bits per heavy atom. The molecule has 0 heterocycles. The second kappa shape index (κ2) is 3.88. The first-order valence-electron chi connectivity index (χ1n) is 3.63. The van der Waals surface area contributed by atoms with Crippen molar-refractivity contribution in [3.8, 4) is 5.75 Å². The lowest BCUT2D eigenvalue weighted by molar-refractivity contribution is 0.0532. The lowest BCUT2D eigenvalue weighted by Gasteiger charge is -2.08. The molecule has 1 aromatic rings. The predicted molar refractivity (Wildman–Crippen MR) is 46.0 cm³/mol. The summed E-state index contributed by atoms with van der Waals surface area (Å²) in [6.45, 7) is 0. The van der Waals surface area contributed by atoms with E-state index in [1.54, 1.807) is 5.48 Å². The van der Waals surface area contributed by atoms with Gasteiger partial charge in [0, 0.05) is 0 Å². The highest BCUT2D eigenvalue weighted by atomic mass is 16.6. The molecule has 0 unspecified atom stereocenters. The first-order valence-corrected chi connectivity index (χ1v) is 3.63. The maximum absolute atomic E-state index is 11.1. The summed E-state index contributed by atoms with van der Waals surface area (Å²) in [5.74, 6) is -1.64. The van der Waals surface area contributed by atoms with E-state index < -0.39 is 34.2 Å². The van der Waals surface area contributed by atoms with Gasteiger partial charge >= 0.3 is 6.09 Å². The van der Waals surface area contributed by atoms with Gasteiger partial charge in [-0.05, 0) is 0 Å². The standard InChI is InChI=1S/C7H6N2O6/c1-14-9-6(12)2-3(10)4(11)5(2)15-7(8)13/h1H3,(H2,8,13)(H,9,12). The number of amides is 2. The monoisotopic (exact) mass is 214 g/mol. The van der Waals surface area contributed by atoms with Gasteiger partial charge < -0.3 is 10.5 Å². The van der Waals surface area contributed by atoms with Crippen molar-refractivity contribution < 1.29 is 19.2 Å². The molecule has 80 valence electrons. The molecule has 0 aliphatic rings. The molecule has 0 saturated carbocycles. The number of carbonyl (C=O) groups is 2. The van der Waals surface area contributed by atoms with E-state index in [2.05, 4.69) is 15.3 Å². The smallest absolute Gasteiger partial charge is 0.405 e. The molecule has 0 fully saturated rings. The lowest BCUT2D eigenvalue weighted by Crippen LogP contribution is -2.44. The van der Waals surface area contributed by atoms with Crippen molar-refractivity contribution >= 4 is 12.0 Å². The third kappa shape index (κ3) is 1.83. The summed E-state index contributed by atoms with van der Waals surface area (Å²) in [5.41, 5.74) is 3.71. The molecule has 8 heteroatoms. The second-order valence-electron chi connectivity index (χ2n) is 2.42. The van der Waals surface area contributed by atoms with Crippen LogP contribution in [-0.4, -0.2) is 19.1 Å². The van der Waals surface area contributed by atoms with E-state index >= 15 is 0 Å². The summed E-state index contributed by atoms with van der Waals surface area (Å²) in [5, 5.41) is 0. The van der Waals surface area contributed by atoms with Gasteiger partial charge in [-0.1, -0.05) is 0 Å². The van der Waals surface area contributed by atoms with Gasteiger partial charge in [-0.15, -0.1) is 0 Å². The van der Waals surface area contributed by atoms with Crippen LogP contribution in [0.2, 0.25) is 0 Å². The van der Waals surface area contributed by atoms with Crippen molar-refractivity contribution in [1.82, 2.24) is 5.48 Å². The highest BCUT2D eigenvalue weighted by molar-refractivity contribution is 5.98. The van der Waals surface area contributed by atoms with Crippen LogP contribution in [-0.2, 0) is 4.84 Å². The second-order valence-corrected chi connectivity index (χ2v) is 2.42. The third-order valence-electron chi connectivity index (χ3n) is 1.49. The maximum atomic E-state index is 11.1. The van der Waals surface area contributed by atoms with Crippen molar-refractivity contribution in [2.24, 2.45) is 5.73 Å². The van der Waals surface area contributed by atoms with Crippen LogP contribution in [0.1, 0.15) is 10.4 Å². The fourth-order valence-corrected chi connectivity index (χ4v) is 0.919. The number of nitrogens with one attached hydrogen (secondary N) is 1. The van der Waals surface area contributed by atoms with E-state index in [4.69, 9.17) is 0 Å². The largest absolute Gasteiger partial charge is 0.410 e. The molecule has 1 aromatic carbocycles. The molecule has 0 aliphatic carbocycles. The highest BCUT2D eigenvalue weighted by Gasteiger charge is 2.29. The third-order valence-corrected chi connectivity index (χ3v) is 1.49. The zero-order chi connectivity index (χ0) is 11.6. The van der Waals surface area contributed by atoms with Crippen LogP contribution in [0.25, 0.3) is 0 Å². The lowest BCUT2D eigenvalue weighted by atomic mass is 10.1. The van der Waals surface area contributed by atoms with Crippen molar-refractivity contribution in [3.05, 3.63) is 26.0 Å². The summed E-state index contributed by atoms with van der Waals surface area (Å²) in [6.07, 6.45) is -1.28. The summed E-state index contributed by atoms with van der Waals surface area (Å²) in [4.78, 5) is 47.4. The zero-order valence-corrected chi connectivity index (χ0v) is 7.53. The molecule has 8 nitrogen and oxygen atoms in total. The van der Waals surface area contributed by atoms with Crippen LogP contribution in [0.4, 0.5) is 4.79 Å². The van der Waals surface area contributed by atoms with Gasteiger partial charge in [0.05, 0.1) is 7.11 Å². The summed E-state index contributed by atoms with van der Waals surface area (Å²) < 4.78 is 4.18. The fourth-order valence-electron chi connectivity index (χ4n) is 0.919. The summed E-state index contributed by atoms with van der Waals surface area (Å²) in [7, 11) is 1.14. The van der Waals surface area contributed by atoms with Gasteiger partial charge in [0.15, 0.2) is 0 Å². The molecule has 0 saturated heterocycles. The number of hydrogen-bond donors (Lipinski definition) is 2. The van der Waals surface area contributed by atoms with E-state index in [1.807, 2.05) is 0 Å². The first-order chi connectivity index (χ1) is 6.99. The van der Waals surface area contributed by atoms with E-state index in [-0.39, 0.29) is 0 Å². The minimum Gasteiger partial charge on any atom is -0.405 e. The molecule has 0 radical (unpaired) electrons. The molecular formula is C7H6N2O6. The predicted octanol–water partition coefficient (Wildman–Crippen LogP) is -1.97. The quantitative estimate of drug-likeness (QED) is 0.444. The molecule has 1 rings (SSSR count).